The number of amides is 1. The molecule has 1 amide bonds. The van der Waals surface area contributed by atoms with Crippen LogP contribution < -0.4 is 11.1 Å². The summed E-state index contributed by atoms with van der Waals surface area (Å²) in [4.78, 5) is 26.3. The molecule has 6 heteroatoms. The smallest absolute Gasteiger partial charge is 0.335 e. The fourth-order valence-electron chi connectivity index (χ4n) is 1.82. The Balaban J connectivity index is 2.34. The summed E-state index contributed by atoms with van der Waals surface area (Å²) in [5, 5.41) is 11.9. The van der Waals surface area contributed by atoms with Gasteiger partial charge in [0.2, 0.25) is 0 Å². The molecule has 0 aliphatic rings. The predicted molar refractivity (Wildman–Crippen MR) is 74.2 cm³/mol. The van der Waals surface area contributed by atoms with Crippen molar-refractivity contribution in [3.8, 4) is 0 Å². The van der Waals surface area contributed by atoms with Crippen LogP contribution in [0.1, 0.15) is 26.3 Å². The van der Waals surface area contributed by atoms with Crippen LogP contribution >= 0.6 is 0 Å². The molecule has 0 saturated carbocycles. The molecule has 0 fully saturated rings. The molecule has 0 aliphatic heterocycles. The van der Waals surface area contributed by atoms with Crippen LogP contribution in [-0.2, 0) is 0 Å². The van der Waals surface area contributed by atoms with Gasteiger partial charge < -0.3 is 16.2 Å². The summed E-state index contributed by atoms with van der Waals surface area (Å²) < 4.78 is 0. The minimum absolute atomic E-state index is 0.228. The number of pyridine rings is 1. The zero-order chi connectivity index (χ0) is 14.7. The number of carbonyl (C=O) groups excluding carboxylic acids is 1. The number of nitrogens with two attached hydrogens (primary N) is 1. The number of aromatic nitrogens is 1. The monoisotopic (exact) mass is 271 g/mol. The van der Waals surface area contributed by atoms with E-state index in [0.717, 1.165) is 0 Å². The van der Waals surface area contributed by atoms with Gasteiger partial charge in [0, 0.05) is 11.9 Å². The minimum atomic E-state index is -0.982. The molecule has 102 valence electrons. The third-order valence-corrected chi connectivity index (χ3v) is 2.79. The number of nitrogens with one attached hydrogen (secondary N) is 1. The quantitative estimate of drug-likeness (QED) is 0.788. The van der Waals surface area contributed by atoms with Crippen molar-refractivity contribution in [2.45, 2.75) is 6.92 Å². The van der Waals surface area contributed by atoms with Crippen molar-refractivity contribution >= 4 is 23.4 Å². The highest BCUT2D eigenvalue weighted by atomic mass is 16.4. The zero-order valence-corrected chi connectivity index (χ0v) is 10.8. The maximum atomic E-state index is 11.3. The molecule has 1 aromatic heterocycles. The van der Waals surface area contributed by atoms with Crippen LogP contribution in [0.3, 0.4) is 0 Å². The van der Waals surface area contributed by atoms with E-state index in [4.69, 9.17) is 10.8 Å². The molecule has 0 spiro atoms. The van der Waals surface area contributed by atoms with E-state index >= 15 is 0 Å². The lowest BCUT2D eigenvalue weighted by Crippen LogP contribution is -2.14. The van der Waals surface area contributed by atoms with Crippen molar-refractivity contribution in [1.29, 1.82) is 0 Å². The number of nitrogens with zero attached hydrogens (tertiary/aromatic N) is 1. The Morgan fingerprint density at radius 2 is 2.00 bits per heavy atom. The molecule has 6 nitrogen and oxygen atoms in total. The summed E-state index contributed by atoms with van der Waals surface area (Å²) in [6, 6.07) is 7.95. The van der Waals surface area contributed by atoms with Crippen molar-refractivity contribution in [3.63, 3.8) is 0 Å². The van der Waals surface area contributed by atoms with E-state index in [-0.39, 0.29) is 11.1 Å². The lowest BCUT2D eigenvalue weighted by atomic mass is 10.1. The first-order valence-electron chi connectivity index (χ1n) is 5.85. The Bertz CT molecular complexity index is 683. The number of benzene rings is 1. The second-order valence-electron chi connectivity index (χ2n) is 4.22. The van der Waals surface area contributed by atoms with Gasteiger partial charge in [-0.3, -0.25) is 4.79 Å². The topological polar surface area (TPSA) is 105 Å². The van der Waals surface area contributed by atoms with Crippen LogP contribution in [0.25, 0.3) is 0 Å². The maximum Gasteiger partial charge on any atom is 0.335 e. The summed E-state index contributed by atoms with van der Waals surface area (Å²) in [6.45, 7) is 1.70. The van der Waals surface area contributed by atoms with Gasteiger partial charge in [0.05, 0.1) is 11.1 Å². The molecule has 1 heterocycles. The standard InChI is InChI=1S/C14H13N3O3/c1-8-7-9(4-5-10(8)14(19)20)17-13-11(12(15)18)3-2-6-16-13/h2-7H,1H3,(H2,15,18)(H,16,17)(H,19,20). The van der Waals surface area contributed by atoms with Crippen LogP contribution in [0.2, 0.25) is 0 Å². The Kier molecular flexibility index (Phi) is 3.65. The van der Waals surface area contributed by atoms with E-state index in [1.165, 1.54) is 12.3 Å². The molecular formula is C14H13N3O3. The van der Waals surface area contributed by atoms with Gasteiger partial charge in [-0.25, -0.2) is 9.78 Å². The molecule has 0 atom stereocenters. The number of carbonyl (C=O) groups is 2. The van der Waals surface area contributed by atoms with Gasteiger partial charge in [0.25, 0.3) is 5.91 Å². The second kappa shape index (κ2) is 5.40. The number of primary amides is 1. The third kappa shape index (κ3) is 2.74. The Hall–Kier alpha value is -2.89. The molecule has 0 radical (unpaired) electrons. The number of anilines is 2. The first-order valence-corrected chi connectivity index (χ1v) is 5.85. The predicted octanol–water partition coefficient (Wildman–Crippen LogP) is 1.93. The van der Waals surface area contributed by atoms with E-state index in [1.807, 2.05) is 0 Å². The highest BCUT2D eigenvalue weighted by Crippen LogP contribution is 2.21. The SMILES string of the molecule is Cc1cc(Nc2ncccc2C(N)=O)ccc1C(=O)O. The van der Waals surface area contributed by atoms with Gasteiger partial charge in [-0.05, 0) is 42.8 Å². The van der Waals surface area contributed by atoms with E-state index < -0.39 is 11.9 Å². The highest BCUT2D eigenvalue weighted by Gasteiger charge is 2.11. The minimum Gasteiger partial charge on any atom is -0.478 e. The van der Waals surface area contributed by atoms with Gasteiger partial charge in [-0.15, -0.1) is 0 Å². The maximum absolute atomic E-state index is 11.3. The van der Waals surface area contributed by atoms with Gasteiger partial charge >= 0.3 is 5.97 Å². The number of carboxylic acids is 1. The molecule has 20 heavy (non-hydrogen) atoms. The van der Waals surface area contributed by atoms with Crippen LogP contribution in [0.15, 0.2) is 36.5 Å². The Morgan fingerprint density at radius 3 is 2.60 bits per heavy atom. The van der Waals surface area contributed by atoms with Crippen LogP contribution in [0.4, 0.5) is 11.5 Å². The molecule has 2 rings (SSSR count). The van der Waals surface area contributed by atoms with Gasteiger partial charge in [-0.2, -0.15) is 0 Å². The van der Waals surface area contributed by atoms with Gasteiger partial charge in [0.15, 0.2) is 0 Å². The average molecular weight is 271 g/mol. The third-order valence-electron chi connectivity index (χ3n) is 2.79. The number of aromatic carboxylic acids is 1. The number of hydrogen-bond acceptors (Lipinski definition) is 4. The Morgan fingerprint density at radius 1 is 1.25 bits per heavy atom. The Labute approximate surface area is 115 Å². The fourth-order valence-corrected chi connectivity index (χ4v) is 1.82. The summed E-state index contributed by atoms with van der Waals surface area (Å²) in [5.41, 5.74) is 7.01. The normalized spacial score (nSPS) is 10.1. The highest BCUT2D eigenvalue weighted by molar-refractivity contribution is 5.98. The second-order valence-corrected chi connectivity index (χ2v) is 4.22. The number of rotatable bonds is 4. The molecule has 0 aliphatic carbocycles. The summed E-state index contributed by atoms with van der Waals surface area (Å²) >= 11 is 0. The molecule has 1 aromatic carbocycles. The van der Waals surface area contributed by atoms with E-state index in [2.05, 4.69) is 10.3 Å². The van der Waals surface area contributed by atoms with Crippen molar-refractivity contribution in [2.75, 3.05) is 5.32 Å². The summed E-state index contributed by atoms with van der Waals surface area (Å²) in [7, 11) is 0. The van der Waals surface area contributed by atoms with Crippen LogP contribution in [0.5, 0.6) is 0 Å². The van der Waals surface area contributed by atoms with Crippen molar-refractivity contribution < 1.29 is 14.7 Å². The first kappa shape index (κ1) is 13.5. The van der Waals surface area contributed by atoms with Crippen molar-refractivity contribution in [2.24, 2.45) is 5.73 Å². The molecule has 0 saturated heterocycles. The average Bonchev–Trinajstić information content (AvgIpc) is 2.38. The number of carboxylic acid groups (broad SMARTS) is 1. The van der Waals surface area contributed by atoms with Crippen molar-refractivity contribution in [1.82, 2.24) is 4.98 Å². The van der Waals surface area contributed by atoms with Crippen molar-refractivity contribution in [3.05, 3.63) is 53.2 Å². The van der Waals surface area contributed by atoms with E-state index in [9.17, 15) is 9.59 Å². The first-order chi connectivity index (χ1) is 9.49. The zero-order valence-electron chi connectivity index (χ0n) is 10.8. The van der Waals surface area contributed by atoms with Crippen LogP contribution in [0, 0.1) is 6.92 Å². The van der Waals surface area contributed by atoms with E-state index in [1.54, 1.807) is 31.2 Å². The van der Waals surface area contributed by atoms with Gasteiger partial charge in [0.1, 0.15) is 5.82 Å². The lowest BCUT2D eigenvalue weighted by molar-refractivity contribution is 0.0696. The molecule has 0 bridgehead atoms. The lowest BCUT2D eigenvalue weighted by Gasteiger charge is -2.10. The molecule has 2 aromatic rings. The molecule has 0 unspecified atom stereocenters. The fraction of sp³-hybridized carbons (Fsp3) is 0.0714. The molecule has 4 N–H and O–H groups in total. The number of aryl methyl sites for hydroxylation is 1. The van der Waals surface area contributed by atoms with Crippen LogP contribution in [-0.4, -0.2) is 22.0 Å². The summed E-state index contributed by atoms with van der Waals surface area (Å²) in [5.74, 6) is -1.23. The molecular weight excluding hydrogens is 258 g/mol. The number of hydrogen-bond donors (Lipinski definition) is 3. The van der Waals surface area contributed by atoms with Gasteiger partial charge in [-0.1, -0.05) is 0 Å². The largest absolute Gasteiger partial charge is 0.478 e. The van der Waals surface area contributed by atoms with E-state index in [0.29, 0.717) is 17.1 Å². The summed E-state index contributed by atoms with van der Waals surface area (Å²) in [6.07, 6.45) is 1.53.